The van der Waals surface area contributed by atoms with Gasteiger partial charge in [0, 0.05) is 18.7 Å². The van der Waals surface area contributed by atoms with Crippen LogP contribution in [0.2, 0.25) is 0 Å². The van der Waals surface area contributed by atoms with Crippen molar-refractivity contribution in [3.05, 3.63) is 59.7 Å². The summed E-state index contributed by atoms with van der Waals surface area (Å²) in [6.07, 6.45) is 1.79. The van der Waals surface area contributed by atoms with E-state index >= 15 is 0 Å². The van der Waals surface area contributed by atoms with Crippen molar-refractivity contribution in [2.24, 2.45) is 11.0 Å². The van der Waals surface area contributed by atoms with E-state index in [4.69, 9.17) is 4.74 Å². The van der Waals surface area contributed by atoms with Crippen molar-refractivity contribution in [3.8, 4) is 5.75 Å². The molecule has 1 aliphatic heterocycles. The summed E-state index contributed by atoms with van der Waals surface area (Å²) in [7, 11) is 1.59. The molecule has 1 N–H and O–H groups in total. The van der Waals surface area contributed by atoms with Gasteiger partial charge in [0.05, 0.1) is 19.2 Å². The van der Waals surface area contributed by atoms with Crippen LogP contribution in [0.5, 0.6) is 5.75 Å². The maximum absolute atomic E-state index is 12.4. The Labute approximate surface area is 171 Å². The first kappa shape index (κ1) is 20.6. The van der Waals surface area contributed by atoms with Crippen molar-refractivity contribution in [1.82, 2.24) is 5.43 Å². The van der Waals surface area contributed by atoms with E-state index in [-0.39, 0.29) is 23.7 Å². The molecule has 6 nitrogen and oxygen atoms in total. The highest BCUT2D eigenvalue weighted by Crippen LogP contribution is 2.27. The summed E-state index contributed by atoms with van der Waals surface area (Å²) in [6.45, 7) is 6.82. The van der Waals surface area contributed by atoms with Crippen molar-refractivity contribution in [2.45, 2.75) is 32.6 Å². The maximum Gasteiger partial charge on any atom is 0.245 e. The molecule has 0 radical (unpaired) electrons. The molecule has 0 saturated carbocycles. The van der Waals surface area contributed by atoms with Crippen molar-refractivity contribution in [2.75, 3.05) is 18.6 Å². The molecule has 29 heavy (non-hydrogen) atoms. The Morgan fingerprint density at radius 2 is 1.79 bits per heavy atom. The fraction of sp³-hybridized carbons (Fsp3) is 0.348. The SMILES string of the molecule is COc1ccc(N2C[C@H](C(=O)N/N=C/c3ccc(C(C)(C)C)cc3)CC2=O)cc1. The zero-order chi connectivity index (χ0) is 21.0. The van der Waals surface area contributed by atoms with Gasteiger partial charge in [0.1, 0.15) is 5.75 Å². The van der Waals surface area contributed by atoms with Gasteiger partial charge in [0.25, 0.3) is 0 Å². The number of ether oxygens (including phenoxy) is 1. The van der Waals surface area contributed by atoms with Crippen LogP contribution in [0.1, 0.15) is 38.3 Å². The smallest absolute Gasteiger partial charge is 0.245 e. The number of hydrazone groups is 1. The Kier molecular flexibility index (Phi) is 6.01. The van der Waals surface area contributed by atoms with E-state index in [1.54, 1.807) is 30.4 Å². The summed E-state index contributed by atoms with van der Waals surface area (Å²) >= 11 is 0. The van der Waals surface area contributed by atoms with Crippen LogP contribution in [0.15, 0.2) is 53.6 Å². The lowest BCUT2D eigenvalue weighted by atomic mass is 9.87. The third-order valence-corrected chi connectivity index (χ3v) is 5.04. The average molecular weight is 393 g/mol. The third kappa shape index (κ3) is 5.02. The summed E-state index contributed by atoms with van der Waals surface area (Å²) in [5, 5.41) is 4.05. The topological polar surface area (TPSA) is 71.0 Å². The number of carbonyl (C=O) groups is 2. The molecule has 2 amide bonds. The molecule has 1 fully saturated rings. The molecule has 3 rings (SSSR count). The van der Waals surface area contributed by atoms with E-state index in [2.05, 4.69) is 43.4 Å². The number of amides is 2. The predicted octanol–water partition coefficient (Wildman–Crippen LogP) is 3.50. The number of benzene rings is 2. The normalized spacial score (nSPS) is 17.0. The van der Waals surface area contributed by atoms with Crippen LogP contribution < -0.4 is 15.1 Å². The molecular weight excluding hydrogens is 366 g/mol. The maximum atomic E-state index is 12.4. The van der Waals surface area contributed by atoms with Crippen LogP contribution in [-0.4, -0.2) is 31.7 Å². The molecule has 2 aromatic rings. The highest BCUT2D eigenvalue weighted by molar-refractivity contribution is 6.00. The largest absolute Gasteiger partial charge is 0.497 e. The Balaban J connectivity index is 1.57. The lowest BCUT2D eigenvalue weighted by molar-refractivity contribution is -0.126. The van der Waals surface area contributed by atoms with Crippen LogP contribution in [-0.2, 0) is 15.0 Å². The van der Waals surface area contributed by atoms with Gasteiger partial charge < -0.3 is 9.64 Å². The fourth-order valence-corrected chi connectivity index (χ4v) is 3.23. The van der Waals surface area contributed by atoms with E-state index < -0.39 is 5.92 Å². The van der Waals surface area contributed by atoms with Crippen molar-refractivity contribution >= 4 is 23.7 Å². The Hall–Kier alpha value is -3.15. The van der Waals surface area contributed by atoms with E-state index in [0.29, 0.717) is 6.54 Å². The zero-order valence-corrected chi connectivity index (χ0v) is 17.3. The number of nitrogens with zero attached hydrogens (tertiary/aromatic N) is 2. The number of carbonyl (C=O) groups excluding carboxylic acids is 2. The fourth-order valence-electron chi connectivity index (χ4n) is 3.23. The standard InChI is InChI=1S/C23H27N3O3/c1-23(2,3)18-7-5-16(6-8-18)14-24-25-22(28)17-13-21(27)26(15-17)19-9-11-20(29-4)12-10-19/h5-12,14,17H,13,15H2,1-4H3,(H,25,28)/b24-14+/t17-/m1/s1. The molecule has 2 aromatic carbocycles. The lowest BCUT2D eigenvalue weighted by Crippen LogP contribution is -2.30. The zero-order valence-electron chi connectivity index (χ0n) is 17.3. The van der Waals surface area contributed by atoms with Crippen LogP contribution in [0.4, 0.5) is 5.69 Å². The minimum Gasteiger partial charge on any atom is -0.497 e. The number of hydrogen-bond donors (Lipinski definition) is 1. The van der Waals surface area contributed by atoms with Crippen molar-refractivity contribution < 1.29 is 14.3 Å². The Morgan fingerprint density at radius 1 is 1.14 bits per heavy atom. The molecule has 0 spiro atoms. The number of anilines is 1. The molecule has 6 heteroatoms. The van der Waals surface area contributed by atoms with E-state index in [1.165, 1.54) is 5.56 Å². The van der Waals surface area contributed by atoms with E-state index in [9.17, 15) is 9.59 Å². The van der Waals surface area contributed by atoms with Crippen LogP contribution in [0.3, 0.4) is 0 Å². The molecule has 1 aliphatic rings. The summed E-state index contributed by atoms with van der Waals surface area (Å²) in [4.78, 5) is 26.4. The molecular formula is C23H27N3O3. The van der Waals surface area contributed by atoms with Gasteiger partial charge in [-0.3, -0.25) is 9.59 Å². The predicted molar refractivity (Wildman–Crippen MR) is 114 cm³/mol. The van der Waals surface area contributed by atoms with Crippen molar-refractivity contribution in [3.63, 3.8) is 0 Å². The van der Waals surface area contributed by atoms with Gasteiger partial charge in [-0.25, -0.2) is 5.43 Å². The van der Waals surface area contributed by atoms with E-state index in [1.807, 2.05) is 24.3 Å². The second-order valence-electron chi connectivity index (χ2n) is 8.21. The van der Waals surface area contributed by atoms with Gasteiger partial charge >= 0.3 is 0 Å². The minimum atomic E-state index is -0.426. The van der Waals surface area contributed by atoms with Gasteiger partial charge in [-0.15, -0.1) is 0 Å². The van der Waals surface area contributed by atoms with Crippen molar-refractivity contribution in [1.29, 1.82) is 0 Å². The molecule has 1 saturated heterocycles. The van der Waals surface area contributed by atoms with Crippen LogP contribution in [0, 0.1) is 5.92 Å². The summed E-state index contributed by atoms with van der Waals surface area (Å²) in [6, 6.07) is 15.3. The summed E-state index contributed by atoms with van der Waals surface area (Å²) in [5.74, 6) is -0.0291. The van der Waals surface area contributed by atoms with Gasteiger partial charge in [0.2, 0.25) is 11.8 Å². The van der Waals surface area contributed by atoms with Crippen LogP contribution in [0.25, 0.3) is 0 Å². The quantitative estimate of drug-likeness (QED) is 0.624. The van der Waals surface area contributed by atoms with Crippen LogP contribution >= 0.6 is 0 Å². The Morgan fingerprint density at radius 3 is 2.38 bits per heavy atom. The molecule has 1 atom stereocenters. The molecule has 0 aliphatic carbocycles. The average Bonchev–Trinajstić information content (AvgIpc) is 3.09. The second kappa shape index (κ2) is 8.47. The third-order valence-electron chi connectivity index (χ3n) is 5.04. The Bertz CT molecular complexity index is 896. The number of rotatable bonds is 5. The number of nitrogens with one attached hydrogen (secondary N) is 1. The highest BCUT2D eigenvalue weighted by atomic mass is 16.5. The molecule has 0 bridgehead atoms. The summed E-state index contributed by atoms with van der Waals surface area (Å²) in [5.41, 5.74) is 5.55. The molecule has 1 heterocycles. The molecule has 0 unspecified atom stereocenters. The second-order valence-corrected chi connectivity index (χ2v) is 8.21. The molecule has 152 valence electrons. The monoisotopic (exact) mass is 393 g/mol. The molecule has 0 aromatic heterocycles. The lowest BCUT2D eigenvalue weighted by Gasteiger charge is -2.18. The summed E-state index contributed by atoms with van der Waals surface area (Å²) < 4.78 is 5.14. The van der Waals surface area contributed by atoms with E-state index in [0.717, 1.165) is 17.0 Å². The van der Waals surface area contributed by atoms with Gasteiger partial charge in [-0.1, -0.05) is 45.0 Å². The number of methoxy groups -OCH3 is 1. The highest BCUT2D eigenvalue weighted by Gasteiger charge is 2.35. The first-order valence-corrected chi connectivity index (χ1v) is 9.66. The first-order valence-electron chi connectivity index (χ1n) is 9.66. The van der Waals surface area contributed by atoms with Gasteiger partial charge in [-0.2, -0.15) is 5.10 Å². The number of hydrogen-bond acceptors (Lipinski definition) is 4. The first-order chi connectivity index (χ1) is 13.8. The van der Waals surface area contributed by atoms with Gasteiger partial charge in [-0.05, 0) is 40.8 Å². The minimum absolute atomic E-state index is 0.0722. The van der Waals surface area contributed by atoms with Gasteiger partial charge in [0.15, 0.2) is 0 Å².